The first-order chi connectivity index (χ1) is 10.3. The van der Waals surface area contributed by atoms with Crippen molar-refractivity contribution in [2.45, 2.75) is 31.1 Å². The fraction of sp³-hybridized carbons (Fsp3) is 0.467. The van der Waals surface area contributed by atoms with E-state index in [0.717, 1.165) is 35.9 Å². The van der Waals surface area contributed by atoms with Crippen molar-refractivity contribution in [2.24, 2.45) is 0 Å². The highest BCUT2D eigenvalue weighted by molar-refractivity contribution is 7.98. The van der Waals surface area contributed by atoms with Crippen molar-refractivity contribution in [2.75, 3.05) is 12.4 Å². The van der Waals surface area contributed by atoms with Crippen LogP contribution < -0.4 is 0 Å². The van der Waals surface area contributed by atoms with Crippen LogP contribution in [-0.2, 0) is 10.5 Å². The number of thioether (sulfide) groups is 1. The summed E-state index contributed by atoms with van der Waals surface area (Å²) in [6.45, 7) is 0.897. The largest absolute Gasteiger partial charge is 0.377 e. The van der Waals surface area contributed by atoms with E-state index in [1.807, 2.05) is 24.3 Å². The molecule has 2 aromatic rings. The molecule has 0 bridgehead atoms. The van der Waals surface area contributed by atoms with Gasteiger partial charge in [-0.05, 0) is 43.5 Å². The van der Waals surface area contributed by atoms with E-state index in [2.05, 4.69) is 10.1 Å². The molecule has 1 aliphatic heterocycles. The van der Waals surface area contributed by atoms with E-state index in [4.69, 9.17) is 20.9 Å². The minimum absolute atomic E-state index is 0.381. The van der Waals surface area contributed by atoms with Crippen molar-refractivity contribution in [1.82, 2.24) is 10.1 Å². The van der Waals surface area contributed by atoms with E-state index in [1.165, 1.54) is 12.8 Å². The molecule has 0 radical (unpaired) electrons. The van der Waals surface area contributed by atoms with Gasteiger partial charge in [0, 0.05) is 22.9 Å². The molecule has 112 valence electrons. The Kier molecular flexibility index (Phi) is 5.17. The summed E-state index contributed by atoms with van der Waals surface area (Å²) in [5, 5.41) is 4.71. The predicted molar refractivity (Wildman–Crippen MR) is 84.5 cm³/mol. The lowest BCUT2D eigenvalue weighted by atomic mass is 10.1. The number of ether oxygens (including phenoxy) is 1. The van der Waals surface area contributed by atoms with Gasteiger partial charge in [-0.15, -0.1) is 0 Å². The first-order valence-electron chi connectivity index (χ1n) is 7.09. The van der Waals surface area contributed by atoms with E-state index in [1.54, 1.807) is 11.8 Å². The van der Waals surface area contributed by atoms with E-state index in [0.29, 0.717) is 17.0 Å². The second-order valence-corrected chi connectivity index (χ2v) is 6.49. The fourth-order valence-electron chi connectivity index (χ4n) is 2.24. The molecule has 1 aliphatic rings. The Labute approximate surface area is 133 Å². The van der Waals surface area contributed by atoms with Gasteiger partial charge in [-0.3, -0.25) is 0 Å². The van der Waals surface area contributed by atoms with Crippen LogP contribution >= 0.6 is 23.4 Å². The molecule has 0 amide bonds. The molecule has 3 rings (SSSR count). The van der Waals surface area contributed by atoms with Crippen LogP contribution in [0.4, 0.5) is 0 Å². The zero-order chi connectivity index (χ0) is 14.5. The van der Waals surface area contributed by atoms with Crippen LogP contribution in [0.3, 0.4) is 0 Å². The second kappa shape index (κ2) is 7.29. The Morgan fingerprint density at radius 3 is 2.86 bits per heavy atom. The van der Waals surface area contributed by atoms with Crippen LogP contribution in [0, 0.1) is 0 Å². The van der Waals surface area contributed by atoms with Crippen molar-refractivity contribution in [1.29, 1.82) is 0 Å². The Balaban J connectivity index is 1.51. The third kappa shape index (κ3) is 4.22. The summed E-state index contributed by atoms with van der Waals surface area (Å²) >= 11 is 7.66. The lowest BCUT2D eigenvalue weighted by Crippen LogP contribution is -2.21. The molecule has 4 nitrogen and oxygen atoms in total. The molecule has 0 spiro atoms. The van der Waals surface area contributed by atoms with Gasteiger partial charge in [0.2, 0.25) is 0 Å². The first kappa shape index (κ1) is 14.9. The first-order valence-corrected chi connectivity index (χ1v) is 8.62. The molecule has 2 heterocycles. The molecule has 1 fully saturated rings. The summed E-state index contributed by atoms with van der Waals surface area (Å²) in [6, 6.07) is 7.39. The minimum Gasteiger partial charge on any atom is -0.377 e. The Bertz CT molecular complexity index is 567. The molecular formula is C15H17ClN2O2S. The van der Waals surface area contributed by atoms with Crippen molar-refractivity contribution in [3.63, 3.8) is 0 Å². The molecule has 1 aromatic heterocycles. The molecular weight excluding hydrogens is 308 g/mol. The van der Waals surface area contributed by atoms with Gasteiger partial charge in [-0.2, -0.15) is 16.7 Å². The van der Waals surface area contributed by atoms with Gasteiger partial charge < -0.3 is 9.26 Å². The summed E-state index contributed by atoms with van der Waals surface area (Å²) in [5.74, 6) is 3.00. The molecule has 1 atom stereocenters. The Morgan fingerprint density at radius 1 is 1.24 bits per heavy atom. The van der Waals surface area contributed by atoms with Gasteiger partial charge in [-0.1, -0.05) is 16.8 Å². The van der Waals surface area contributed by atoms with E-state index < -0.39 is 0 Å². The fourth-order valence-corrected chi connectivity index (χ4v) is 3.31. The summed E-state index contributed by atoms with van der Waals surface area (Å²) in [4.78, 5) is 4.41. The number of benzene rings is 1. The molecule has 0 N–H and O–H groups in total. The van der Waals surface area contributed by atoms with Crippen LogP contribution in [0.1, 0.15) is 25.1 Å². The third-order valence-electron chi connectivity index (χ3n) is 3.37. The number of halogens is 1. The quantitative estimate of drug-likeness (QED) is 0.825. The molecule has 0 aliphatic carbocycles. The zero-order valence-corrected chi connectivity index (χ0v) is 13.2. The van der Waals surface area contributed by atoms with Crippen molar-refractivity contribution in [3.05, 3.63) is 35.1 Å². The van der Waals surface area contributed by atoms with Gasteiger partial charge in [-0.25, -0.2) is 0 Å². The molecule has 1 aromatic carbocycles. The van der Waals surface area contributed by atoms with Gasteiger partial charge in [0.1, 0.15) is 0 Å². The van der Waals surface area contributed by atoms with Gasteiger partial charge in [0.15, 0.2) is 5.82 Å². The molecule has 21 heavy (non-hydrogen) atoms. The Morgan fingerprint density at radius 2 is 2.10 bits per heavy atom. The number of hydrogen-bond donors (Lipinski definition) is 0. The maximum Gasteiger partial charge on any atom is 0.257 e. The summed E-state index contributed by atoms with van der Waals surface area (Å²) in [7, 11) is 0. The standard InChI is InChI=1S/C15H17ClN2O2S/c16-12-6-4-11(5-7-12)15-17-14(18-20-15)10-21-9-13-3-1-2-8-19-13/h4-7,13H,1-3,8-10H2/t13-/m0/s1. The zero-order valence-electron chi connectivity index (χ0n) is 11.6. The number of hydrogen-bond acceptors (Lipinski definition) is 5. The average molecular weight is 325 g/mol. The van der Waals surface area contributed by atoms with Crippen LogP contribution in [0.5, 0.6) is 0 Å². The van der Waals surface area contributed by atoms with Crippen LogP contribution in [0.2, 0.25) is 5.02 Å². The van der Waals surface area contributed by atoms with Crippen molar-refractivity contribution >= 4 is 23.4 Å². The van der Waals surface area contributed by atoms with Crippen LogP contribution in [0.25, 0.3) is 11.5 Å². The Hall–Kier alpha value is -1.04. The topological polar surface area (TPSA) is 48.2 Å². The highest BCUT2D eigenvalue weighted by atomic mass is 35.5. The number of nitrogens with zero attached hydrogens (tertiary/aromatic N) is 2. The smallest absolute Gasteiger partial charge is 0.257 e. The van der Waals surface area contributed by atoms with E-state index >= 15 is 0 Å². The van der Waals surface area contributed by atoms with Crippen LogP contribution in [0.15, 0.2) is 28.8 Å². The second-order valence-electron chi connectivity index (χ2n) is 5.03. The van der Waals surface area contributed by atoms with Gasteiger partial charge >= 0.3 is 0 Å². The van der Waals surface area contributed by atoms with Crippen molar-refractivity contribution < 1.29 is 9.26 Å². The normalized spacial score (nSPS) is 18.8. The number of rotatable bonds is 5. The van der Waals surface area contributed by atoms with Gasteiger partial charge in [0.25, 0.3) is 5.89 Å². The molecule has 1 saturated heterocycles. The summed E-state index contributed by atoms with van der Waals surface area (Å²) in [6.07, 6.45) is 4.01. The monoisotopic (exact) mass is 324 g/mol. The maximum absolute atomic E-state index is 5.86. The van der Waals surface area contributed by atoms with Gasteiger partial charge in [0.05, 0.1) is 11.9 Å². The minimum atomic E-state index is 0.381. The summed E-state index contributed by atoms with van der Waals surface area (Å²) in [5.41, 5.74) is 0.888. The van der Waals surface area contributed by atoms with E-state index in [-0.39, 0.29) is 0 Å². The van der Waals surface area contributed by atoms with Crippen LogP contribution in [-0.4, -0.2) is 28.6 Å². The highest BCUT2D eigenvalue weighted by Crippen LogP contribution is 2.22. The molecule has 0 saturated carbocycles. The van der Waals surface area contributed by atoms with E-state index in [9.17, 15) is 0 Å². The highest BCUT2D eigenvalue weighted by Gasteiger charge is 2.14. The number of aromatic nitrogens is 2. The third-order valence-corrected chi connectivity index (χ3v) is 4.69. The molecule has 0 unspecified atom stereocenters. The predicted octanol–water partition coefficient (Wildman–Crippen LogP) is 4.19. The van der Waals surface area contributed by atoms with Crippen molar-refractivity contribution in [3.8, 4) is 11.5 Å². The lowest BCUT2D eigenvalue weighted by Gasteiger charge is -2.21. The lowest BCUT2D eigenvalue weighted by molar-refractivity contribution is 0.0315. The summed E-state index contributed by atoms with van der Waals surface area (Å²) < 4.78 is 11.0. The SMILES string of the molecule is Clc1ccc(-c2nc(CSC[C@@H]3CCCCO3)no2)cc1. The maximum atomic E-state index is 5.86. The average Bonchev–Trinajstić information content (AvgIpc) is 2.98. The molecule has 6 heteroatoms.